The summed E-state index contributed by atoms with van der Waals surface area (Å²) in [5.41, 5.74) is 0. The van der Waals surface area contributed by atoms with Gasteiger partial charge in [0.1, 0.15) is 0 Å². The highest BCUT2D eigenvalue weighted by atomic mass is 28.4. The Morgan fingerprint density at radius 3 is 2.47 bits per heavy atom. The number of rotatable bonds is 8. The molecule has 0 aliphatic carbocycles. The summed E-state index contributed by atoms with van der Waals surface area (Å²) < 4.78 is 15.7. The summed E-state index contributed by atoms with van der Waals surface area (Å²) in [6, 6.07) is 0. The summed E-state index contributed by atoms with van der Waals surface area (Å²) >= 11 is 0. The average molecular weight is 233 g/mol. The standard InChI is InChI=1S/C9H19NO4Si/c1-5-7-8-14-15(12-3,13-4)10-9(11)6-2/h6H,2,5,7-8H2,1,3-4H3,(H,10,11). The maximum absolute atomic E-state index is 11.1. The van der Waals surface area contributed by atoms with E-state index in [1.54, 1.807) is 0 Å². The van der Waals surface area contributed by atoms with Gasteiger partial charge < -0.3 is 18.3 Å². The van der Waals surface area contributed by atoms with E-state index in [1.807, 2.05) is 0 Å². The minimum Gasteiger partial charge on any atom is -0.360 e. The van der Waals surface area contributed by atoms with Crippen molar-refractivity contribution in [3.05, 3.63) is 12.7 Å². The fourth-order valence-electron chi connectivity index (χ4n) is 0.892. The highest BCUT2D eigenvalue weighted by Gasteiger charge is 2.42. The van der Waals surface area contributed by atoms with Gasteiger partial charge in [-0.05, 0) is 12.5 Å². The lowest BCUT2D eigenvalue weighted by Gasteiger charge is -2.25. The second kappa shape index (κ2) is 7.58. The first-order chi connectivity index (χ1) is 7.14. The summed E-state index contributed by atoms with van der Waals surface area (Å²) in [5, 5.41) is 0. The lowest BCUT2D eigenvalue weighted by atomic mass is 10.4. The van der Waals surface area contributed by atoms with Gasteiger partial charge in [-0.1, -0.05) is 19.9 Å². The van der Waals surface area contributed by atoms with Crippen LogP contribution in [0, 0.1) is 0 Å². The third-order valence-electron chi connectivity index (χ3n) is 1.79. The zero-order valence-corrected chi connectivity index (χ0v) is 10.5. The van der Waals surface area contributed by atoms with E-state index in [2.05, 4.69) is 18.5 Å². The Hall–Kier alpha value is -0.693. The van der Waals surface area contributed by atoms with E-state index in [-0.39, 0.29) is 5.91 Å². The van der Waals surface area contributed by atoms with Gasteiger partial charge in [-0.15, -0.1) is 0 Å². The Balaban J connectivity index is 4.28. The lowest BCUT2D eigenvalue weighted by molar-refractivity contribution is -0.116. The van der Waals surface area contributed by atoms with Crippen LogP contribution in [-0.2, 0) is 18.1 Å². The molecule has 0 saturated heterocycles. The van der Waals surface area contributed by atoms with Crippen molar-refractivity contribution >= 4 is 14.9 Å². The zero-order chi connectivity index (χ0) is 11.7. The normalized spacial score (nSPS) is 11.1. The molecule has 0 spiro atoms. The van der Waals surface area contributed by atoms with Crippen molar-refractivity contribution in [3.8, 4) is 0 Å². The molecule has 6 heteroatoms. The van der Waals surface area contributed by atoms with Gasteiger partial charge in [-0.25, -0.2) is 0 Å². The fraction of sp³-hybridized carbons (Fsp3) is 0.667. The average Bonchev–Trinajstić information content (AvgIpc) is 2.27. The topological polar surface area (TPSA) is 56.8 Å². The quantitative estimate of drug-likeness (QED) is 0.383. The number of hydrogen-bond donors (Lipinski definition) is 1. The molecule has 0 aliphatic rings. The van der Waals surface area contributed by atoms with Gasteiger partial charge in [0.2, 0.25) is 5.91 Å². The van der Waals surface area contributed by atoms with Gasteiger partial charge >= 0.3 is 8.97 Å². The van der Waals surface area contributed by atoms with E-state index in [4.69, 9.17) is 13.3 Å². The number of unbranched alkanes of at least 4 members (excludes halogenated alkanes) is 1. The van der Waals surface area contributed by atoms with Crippen molar-refractivity contribution in [1.82, 2.24) is 4.98 Å². The van der Waals surface area contributed by atoms with Crippen LogP contribution in [0.1, 0.15) is 19.8 Å². The van der Waals surface area contributed by atoms with Gasteiger partial charge in [-0.2, -0.15) is 0 Å². The lowest BCUT2D eigenvalue weighted by Crippen LogP contribution is -2.59. The molecule has 0 aliphatic heterocycles. The number of hydrogen-bond acceptors (Lipinski definition) is 4. The molecule has 1 amide bonds. The summed E-state index contributed by atoms with van der Waals surface area (Å²) in [6.07, 6.45) is 3.06. The highest BCUT2D eigenvalue weighted by molar-refractivity contribution is 6.61. The van der Waals surface area contributed by atoms with Crippen LogP contribution >= 0.6 is 0 Å². The second-order valence-electron chi connectivity index (χ2n) is 2.86. The SMILES string of the molecule is C=CC(=O)N[Si](OC)(OC)OCCCC. The maximum Gasteiger partial charge on any atom is 0.633 e. The Kier molecular flexibility index (Phi) is 7.23. The van der Waals surface area contributed by atoms with Crippen LogP contribution in [-0.4, -0.2) is 35.7 Å². The molecule has 1 N–H and O–H groups in total. The van der Waals surface area contributed by atoms with Crippen LogP contribution in [0.2, 0.25) is 0 Å². The smallest absolute Gasteiger partial charge is 0.360 e. The van der Waals surface area contributed by atoms with Crippen molar-refractivity contribution in [2.75, 3.05) is 20.8 Å². The summed E-state index contributed by atoms with van der Waals surface area (Å²) in [6.45, 7) is 5.91. The molecule has 0 rings (SSSR count). The second-order valence-corrected chi connectivity index (χ2v) is 5.33. The van der Waals surface area contributed by atoms with E-state index in [0.717, 1.165) is 18.9 Å². The molecule has 0 aromatic heterocycles. The number of carbonyl (C=O) groups is 1. The molecule has 0 saturated carbocycles. The molecule has 0 bridgehead atoms. The first kappa shape index (κ1) is 14.3. The third kappa shape index (κ3) is 5.08. The predicted molar refractivity (Wildman–Crippen MR) is 59.0 cm³/mol. The van der Waals surface area contributed by atoms with Crippen molar-refractivity contribution < 1.29 is 18.1 Å². The largest absolute Gasteiger partial charge is 0.633 e. The van der Waals surface area contributed by atoms with Crippen LogP contribution in [0.25, 0.3) is 0 Å². The molecule has 0 unspecified atom stereocenters. The number of carbonyl (C=O) groups excluding carboxylic acids is 1. The van der Waals surface area contributed by atoms with Crippen LogP contribution in [0.15, 0.2) is 12.7 Å². The van der Waals surface area contributed by atoms with Crippen LogP contribution in [0.5, 0.6) is 0 Å². The molecule has 0 heterocycles. The highest BCUT2D eigenvalue weighted by Crippen LogP contribution is 2.04. The van der Waals surface area contributed by atoms with Gasteiger partial charge in [0, 0.05) is 20.8 Å². The van der Waals surface area contributed by atoms with Crippen LogP contribution in [0.3, 0.4) is 0 Å². The first-order valence-electron chi connectivity index (χ1n) is 4.83. The van der Waals surface area contributed by atoms with Crippen molar-refractivity contribution in [1.29, 1.82) is 0 Å². The van der Waals surface area contributed by atoms with E-state index < -0.39 is 8.97 Å². The van der Waals surface area contributed by atoms with Gasteiger partial charge in [0.05, 0.1) is 0 Å². The Labute approximate surface area is 91.9 Å². The molecule has 15 heavy (non-hydrogen) atoms. The molecule has 88 valence electrons. The van der Waals surface area contributed by atoms with Crippen molar-refractivity contribution in [3.63, 3.8) is 0 Å². The summed E-state index contributed by atoms with van der Waals surface area (Å²) in [7, 11) is -0.137. The summed E-state index contributed by atoms with van der Waals surface area (Å²) in [5.74, 6) is -0.359. The molecular weight excluding hydrogens is 214 g/mol. The van der Waals surface area contributed by atoms with Crippen molar-refractivity contribution in [2.45, 2.75) is 19.8 Å². The molecule has 5 nitrogen and oxygen atoms in total. The van der Waals surface area contributed by atoms with Crippen LogP contribution < -0.4 is 4.98 Å². The zero-order valence-electron chi connectivity index (χ0n) is 9.54. The molecule has 0 aromatic rings. The predicted octanol–water partition coefficient (Wildman–Crippen LogP) is 0.834. The third-order valence-corrected chi connectivity index (χ3v) is 4.00. The van der Waals surface area contributed by atoms with Gasteiger partial charge in [0.25, 0.3) is 0 Å². The van der Waals surface area contributed by atoms with Crippen LogP contribution in [0.4, 0.5) is 0 Å². The number of amides is 1. The Bertz CT molecular complexity index is 206. The number of nitrogens with one attached hydrogen (secondary N) is 1. The van der Waals surface area contributed by atoms with E-state index in [9.17, 15) is 4.79 Å². The molecular formula is C9H19NO4Si. The van der Waals surface area contributed by atoms with E-state index in [0.29, 0.717) is 6.61 Å². The molecule has 0 atom stereocenters. The molecule has 0 fully saturated rings. The summed E-state index contributed by atoms with van der Waals surface area (Å²) in [4.78, 5) is 13.7. The Morgan fingerprint density at radius 2 is 2.07 bits per heavy atom. The Morgan fingerprint density at radius 1 is 1.47 bits per heavy atom. The molecule has 0 radical (unpaired) electrons. The maximum atomic E-state index is 11.1. The van der Waals surface area contributed by atoms with Crippen molar-refractivity contribution in [2.24, 2.45) is 0 Å². The van der Waals surface area contributed by atoms with Gasteiger partial charge in [-0.3, -0.25) is 4.79 Å². The monoisotopic (exact) mass is 233 g/mol. The first-order valence-corrected chi connectivity index (χ1v) is 6.55. The van der Waals surface area contributed by atoms with Gasteiger partial charge in [0.15, 0.2) is 0 Å². The molecule has 0 aromatic carbocycles. The fourth-order valence-corrected chi connectivity index (χ4v) is 2.39. The minimum atomic E-state index is -3.04. The minimum absolute atomic E-state index is 0.359. The van der Waals surface area contributed by atoms with E-state index >= 15 is 0 Å². The van der Waals surface area contributed by atoms with E-state index in [1.165, 1.54) is 14.2 Å².